The molecule has 1 atom stereocenters. The van der Waals surface area contributed by atoms with Crippen molar-refractivity contribution in [2.24, 2.45) is 0 Å². The number of carbonyl (C=O) groups is 1. The number of β-amino-alcohol motifs (C(OH)–C–C–N with tert-alkyl or cyclic N) is 1. The maximum absolute atomic E-state index is 11.4. The normalized spacial score (nSPS) is 20.4. The Kier molecular flexibility index (Phi) is 2.31. The molecule has 1 aliphatic rings. The van der Waals surface area contributed by atoms with Crippen molar-refractivity contribution < 1.29 is 9.90 Å². The van der Waals surface area contributed by atoms with Gasteiger partial charge in [0.05, 0.1) is 19.1 Å². The van der Waals surface area contributed by atoms with Crippen molar-refractivity contribution in [3.05, 3.63) is 18.1 Å². The zero-order valence-corrected chi connectivity index (χ0v) is 7.79. The molecule has 1 N–H and O–H groups in total. The van der Waals surface area contributed by atoms with Gasteiger partial charge < -0.3 is 5.11 Å². The molecule has 15 heavy (non-hydrogen) atoms. The molecule has 6 nitrogen and oxygen atoms in total. The summed E-state index contributed by atoms with van der Waals surface area (Å²) < 4.78 is 0. The maximum Gasteiger partial charge on any atom is 0.230 e. The summed E-state index contributed by atoms with van der Waals surface area (Å²) in [6.45, 7) is 0.173. The lowest BCUT2D eigenvalue weighted by atomic mass is 10.3. The molecule has 1 aliphatic heterocycles. The Hall–Kier alpha value is -2.00. The molecule has 76 valence electrons. The van der Waals surface area contributed by atoms with Crippen LogP contribution in [0.1, 0.15) is 12.1 Å². The SMILES string of the molecule is N#Cc1nccnc1N1CC(O)CC1=O. The summed E-state index contributed by atoms with van der Waals surface area (Å²) >= 11 is 0. The van der Waals surface area contributed by atoms with Crippen molar-refractivity contribution in [2.75, 3.05) is 11.4 Å². The van der Waals surface area contributed by atoms with Crippen LogP contribution in [0.3, 0.4) is 0 Å². The van der Waals surface area contributed by atoms with E-state index >= 15 is 0 Å². The van der Waals surface area contributed by atoms with E-state index < -0.39 is 6.10 Å². The lowest BCUT2D eigenvalue weighted by Gasteiger charge is -2.14. The molecule has 0 radical (unpaired) electrons. The van der Waals surface area contributed by atoms with E-state index in [2.05, 4.69) is 9.97 Å². The van der Waals surface area contributed by atoms with Gasteiger partial charge in [-0.25, -0.2) is 9.97 Å². The summed E-state index contributed by atoms with van der Waals surface area (Å²) in [7, 11) is 0. The molecule has 1 aromatic rings. The number of aliphatic hydroxyl groups is 1. The van der Waals surface area contributed by atoms with Gasteiger partial charge in [-0.3, -0.25) is 9.69 Å². The molecule has 0 aliphatic carbocycles. The van der Waals surface area contributed by atoms with Gasteiger partial charge in [-0.1, -0.05) is 0 Å². The number of anilines is 1. The first-order chi connectivity index (χ1) is 7.22. The lowest BCUT2D eigenvalue weighted by Crippen LogP contribution is -2.27. The van der Waals surface area contributed by atoms with Crippen molar-refractivity contribution in [3.8, 4) is 6.07 Å². The van der Waals surface area contributed by atoms with Crippen LogP contribution in [0.2, 0.25) is 0 Å². The highest BCUT2D eigenvalue weighted by molar-refractivity contribution is 5.95. The minimum Gasteiger partial charge on any atom is -0.391 e. The van der Waals surface area contributed by atoms with E-state index in [0.29, 0.717) is 0 Å². The molecular formula is C9H8N4O2. The number of hydrogen-bond donors (Lipinski definition) is 1. The summed E-state index contributed by atoms with van der Waals surface area (Å²) in [5.74, 6) is -0.0129. The second kappa shape index (κ2) is 3.63. The van der Waals surface area contributed by atoms with Crippen LogP contribution in [0, 0.1) is 11.3 Å². The van der Waals surface area contributed by atoms with Crippen LogP contribution >= 0.6 is 0 Å². The summed E-state index contributed by atoms with van der Waals surface area (Å²) in [5.41, 5.74) is 0.0972. The van der Waals surface area contributed by atoms with Crippen molar-refractivity contribution in [2.45, 2.75) is 12.5 Å². The third-order valence-corrected chi connectivity index (χ3v) is 2.15. The summed E-state index contributed by atoms with van der Waals surface area (Å²) in [6, 6.07) is 1.86. The largest absolute Gasteiger partial charge is 0.391 e. The number of rotatable bonds is 1. The monoisotopic (exact) mass is 204 g/mol. The number of nitriles is 1. The minimum atomic E-state index is -0.689. The summed E-state index contributed by atoms with van der Waals surface area (Å²) in [6.07, 6.45) is 2.18. The number of hydrogen-bond acceptors (Lipinski definition) is 5. The Morgan fingerprint density at radius 3 is 2.87 bits per heavy atom. The van der Waals surface area contributed by atoms with E-state index in [0.717, 1.165) is 0 Å². The Morgan fingerprint density at radius 1 is 1.53 bits per heavy atom. The first kappa shape index (κ1) is 9.55. The number of carbonyl (C=O) groups excluding carboxylic acids is 1. The molecule has 0 spiro atoms. The molecule has 0 saturated carbocycles. The zero-order chi connectivity index (χ0) is 10.8. The molecule has 6 heteroatoms. The van der Waals surface area contributed by atoms with Gasteiger partial charge in [-0.15, -0.1) is 0 Å². The Bertz CT molecular complexity index is 440. The van der Waals surface area contributed by atoms with Gasteiger partial charge in [-0.05, 0) is 0 Å². The van der Waals surface area contributed by atoms with E-state index in [9.17, 15) is 9.90 Å². The van der Waals surface area contributed by atoms with Crippen LogP contribution in [0.25, 0.3) is 0 Å². The fourth-order valence-electron chi connectivity index (χ4n) is 1.50. The van der Waals surface area contributed by atoms with Gasteiger partial charge in [-0.2, -0.15) is 5.26 Å². The van der Waals surface area contributed by atoms with Gasteiger partial charge >= 0.3 is 0 Å². The van der Waals surface area contributed by atoms with Gasteiger partial charge in [0.15, 0.2) is 11.5 Å². The third-order valence-electron chi connectivity index (χ3n) is 2.15. The number of aliphatic hydroxyl groups excluding tert-OH is 1. The van der Waals surface area contributed by atoms with E-state index in [1.165, 1.54) is 17.3 Å². The molecule has 2 rings (SSSR count). The van der Waals surface area contributed by atoms with Crippen LogP contribution in [-0.4, -0.2) is 33.6 Å². The van der Waals surface area contributed by atoms with Crippen molar-refractivity contribution in [1.29, 1.82) is 5.26 Å². The number of amides is 1. The van der Waals surface area contributed by atoms with E-state index in [1.807, 2.05) is 6.07 Å². The van der Waals surface area contributed by atoms with Gasteiger partial charge in [0.1, 0.15) is 6.07 Å². The highest BCUT2D eigenvalue weighted by atomic mass is 16.3. The van der Waals surface area contributed by atoms with Crippen LogP contribution in [0.5, 0.6) is 0 Å². The van der Waals surface area contributed by atoms with Crippen LogP contribution in [-0.2, 0) is 4.79 Å². The highest BCUT2D eigenvalue weighted by Crippen LogP contribution is 2.20. The lowest BCUT2D eigenvalue weighted by molar-refractivity contribution is -0.117. The predicted octanol–water partition coefficient (Wildman–Crippen LogP) is -0.554. The Morgan fingerprint density at radius 2 is 2.27 bits per heavy atom. The first-order valence-electron chi connectivity index (χ1n) is 4.42. The van der Waals surface area contributed by atoms with Crippen molar-refractivity contribution >= 4 is 11.7 Å². The molecule has 1 amide bonds. The standard InChI is InChI=1S/C9H8N4O2/c10-4-7-9(12-2-1-11-7)13-5-6(14)3-8(13)15/h1-2,6,14H,3,5H2. The van der Waals surface area contributed by atoms with Crippen LogP contribution in [0.4, 0.5) is 5.82 Å². The smallest absolute Gasteiger partial charge is 0.230 e. The number of nitrogens with zero attached hydrogens (tertiary/aromatic N) is 4. The van der Waals surface area contributed by atoms with E-state index in [4.69, 9.17) is 5.26 Å². The Labute approximate surface area is 85.8 Å². The van der Waals surface area contributed by atoms with Crippen LogP contribution in [0.15, 0.2) is 12.4 Å². The predicted molar refractivity (Wildman–Crippen MR) is 49.7 cm³/mol. The first-order valence-corrected chi connectivity index (χ1v) is 4.42. The fraction of sp³-hybridized carbons (Fsp3) is 0.333. The van der Waals surface area contributed by atoms with E-state index in [-0.39, 0.29) is 30.4 Å². The second-order valence-electron chi connectivity index (χ2n) is 3.20. The highest BCUT2D eigenvalue weighted by Gasteiger charge is 2.31. The molecule has 1 unspecified atom stereocenters. The number of aromatic nitrogens is 2. The second-order valence-corrected chi connectivity index (χ2v) is 3.20. The van der Waals surface area contributed by atoms with Gasteiger partial charge in [0, 0.05) is 12.4 Å². The van der Waals surface area contributed by atoms with Gasteiger partial charge in [0.25, 0.3) is 0 Å². The van der Waals surface area contributed by atoms with Gasteiger partial charge in [0.2, 0.25) is 5.91 Å². The zero-order valence-electron chi connectivity index (χ0n) is 7.79. The van der Waals surface area contributed by atoms with E-state index in [1.54, 1.807) is 0 Å². The Balaban J connectivity index is 2.38. The topological polar surface area (TPSA) is 90.1 Å². The molecule has 0 aromatic carbocycles. The summed E-state index contributed by atoms with van der Waals surface area (Å²) in [5, 5.41) is 18.1. The quantitative estimate of drug-likeness (QED) is 0.662. The molecule has 1 saturated heterocycles. The third kappa shape index (κ3) is 1.65. The fourth-order valence-corrected chi connectivity index (χ4v) is 1.50. The van der Waals surface area contributed by atoms with Crippen molar-refractivity contribution in [3.63, 3.8) is 0 Å². The molecule has 2 heterocycles. The van der Waals surface area contributed by atoms with Crippen LogP contribution < -0.4 is 4.90 Å². The molecule has 1 aromatic heterocycles. The maximum atomic E-state index is 11.4. The molecule has 1 fully saturated rings. The minimum absolute atomic E-state index is 0.0709. The average Bonchev–Trinajstić information content (AvgIpc) is 2.57. The molecule has 0 bridgehead atoms. The van der Waals surface area contributed by atoms with Crippen molar-refractivity contribution in [1.82, 2.24) is 9.97 Å². The molecular weight excluding hydrogens is 196 g/mol. The average molecular weight is 204 g/mol. The summed E-state index contributed by atoms with van der Waals surface area (Å²) in [4.78, 5) is 20.5.